The minimum atomic E-state index is -0.254. The summed E-state index contributed by atoms with van der Waals surface area (Å²) < 4.78 is 8.75. The number of amides is 1. The van der Waals surface area contributed by atoms with Crippen LogP contribution in [0.2, 0.25) is 0 Å². The van der Waals surface area contributed by atoms with Crippen LogP contribution in [0.1, 0.15) is 48.2 Å². The molecule has 8 nitrogen and oxygen atoms in total. The third-order valence-corrected chi connectivity index (χ3v) is 3.56. The van der Waals surface area contributed by atoms with Crippen LogP contribution in [-0.2, 0) is 17.8 Å². The van der Waals surface area contributed by atoms with Crippen LogP contribution in [0.5, 0.6) is 0 Å². The maximum atomic E-state index is 12.5. The predicted molar refractivity (Wildman–Crippen MR) is 85.0 cm³/mol. The molecule has 0 unspecified atom stereocenters. The number of carbonyl (C=O) groups excluding carboxylic acids is 1. The lowest BCUT2D eigenvalue weighted by atomic mass is 10.2. The highest BCUT2D eigenvalue weighted by molar-refractivity contribution is 5.95. The second kappa shape index (κ2) is 7.87. The van der Waals surface area contributed by atoms with E-state index < -0.39 is 0 Å². The van der Waals surface area contributed by atoms with Crippen molar-refractivity contribution in [3.63, 3.8) is 0 Å². The molecule has 0 saturated carbocycles. The van der Waals surface area contributed by atoms with E-state index in [1.54, 1.807) is 24.3 Å². The third-order valence-electron chi connectivity index (χ3n) is 3.56. The van der Waals surface area contributed by atoms with Gasteiger partial charge in [0, 0.05) is 26.4 Å². The van der Waals surface area contributed by atoms with Gasteiger partial charge in [-0.3, -0.25) is 9.48 Å². The number of carbonyl (C=O) groups is 1. The number of rotatable bonds is 8. The molecule has 0 aliphatic heterocycles. The average molecular weight is 320 g/mol. The van der Waals surface area contributed by atoms with Crippen molar-refractivity contribution in [3.8, 4) is 0 Å². The minimum absolute atomic E-state index is 0.154. The van der Waals surface area contributed by atoms with E-state index in [1.165, 1.54) is 0 Å². The normalized spacial score (nSPS) is 12.3. The van der Waals surface area contributed by atoms with Crippen molar-refractivity contribution in [1.82, 2.24) is 29.9 Å². The zero-order valence-corrected chi connectivity index (χ0v) is 14.1. The van der Waals surface area contributed by atoms with E-state index in [0.717, 1.165) is 18.7 Å². The standard InChI is InChI=1S/C15H24N6O2/c1-5-6-21-9-13(11(2)19-21)15(22)17-12(3)14-18-16-10-20(14)7-8-23-4/h9-10,12H,5-8H2,1-4H3,(H,17,22)/t12-/m0/s1. The van der Waals surface area contributed by atoms with Crippen LogP contribution in [-0.4, -0.2) is 44.2 Å². The Balaban J connectivity index is 2.06. The van der Waals surface area contributed by atoms with Gasteiger partial charge in [0.2, 0.25) is 0 Å². The maximum absolute atomic E-state index is 12.5. The summed E-state index contributed by atoms with van der Waals surface area (Å²) in [5.74, 6) is 0.549. The predicted octanol–water partition coefficient (Wildman–Crippen LogP) is 1.33. The Morgan fingerprint density at radius 2 is 2.22 bits per heavy atom. The van der Waals surface area contributed by atoms with Gasteiger partial charge in [-0.05, 0) is 20.3 Å². The van der Waals surface area contributed by atoms with Gasteiger partial charge in [0.1, 0.15) is 6.33 Å². The molecule has 23 heavy (non-hydrogen) atoms. The van der Waals surface area contributed by atoms with Gasteiger partial charge in [-0.15, -0.1) is 10.2 Å². The van der Waals surface area contributed by atoms with E-state index in [0.29, 0.717) is 24.5 Å². The van der Waals surface area contributed by atoms with Crippen molar-refractivity contribution >= 4 is 5.91 Å². The van der Waals surface area contributed by atoms with Gasteiger partial charge < -0.3 is 14.6 Å². The Morgan fingerprint density at radius 1 is 1.43 bits per heavy atom. The molecular formula is C15H24N6O2. The quantitative estimate of drug-likeness (QED) is 0.793. The third kappa shape index (κ3) is 4.16. The molecule has 0 radical (unpaired) electrons. The van der Waals surface area contributed by atoms with E-state index in [1.807, 2.05) is 18.4 Å². The van der Waals surface area contributed by atoms with E-state index in [2.05, 4.69) is 27.5 Å². The minimum Gasteiger partial charge on any atom is -0.383 e. The van der Waals surface area contributed by atoms with Gasteiger partial charge in [-0.1, -0.05) is 6.92 Å². The van der Waals surface area contributed by atoms with E-state index in [9.17, 15) is 4.79 Å². The lowest BCUT2D eigenvalue weighted by Crippen LogP contribution is -2.29. The second-order valence-corrected chi connectivity index (χ2v) is 5.46. The van der Waals surface area contributed by atoms with Gasteiger partial charge in [0.25, 0.3) is 5.91 Å². The van der Waals surface area contributed by atoms with Crippen LogP contribution in [0.4, 0.5) is 0 Å². The van der Waals surface area contributed by atoms with Gasteiger partial charge >= 0.3 is 0 Å². The largest absolute Gasteiger partial charge is 0.383 e. The number of nitrogens with one attached hydrogen (secondary N) is 1. The molecule has 0 bridgehead atoms. The van der Waals surface area contributed by atoms with Crippen molar-refractivity contribution in [2.24, 2.45) is 0 Å². The first-order chi connectivity index (χ1) is 11.1. The molecule has 0 aliphatic carbocycles. The Labute approximate surface area is 135 Å². The molecule has 2 aromatic heterocycles. The van der Waals surface area contributed by atoms with Gasteiger partial charge in [0.05, 0.1) is 23.9 Å². The summed E-state index contributed by atoms with van der Waals surface area (Å²) in [5.41, 5.74) is 1.32. The lowest BCUT2D eigenvalue weighted by molar-refractivity contribution is 0.0936. The van der Waals surface area contributed by atoms with E-state index in [-0.39, 0.29) is 11.9 Å². The highest BCUT2D eigenvalue weighted by Gasteiger charge is 2.19. The molecule has 0 saturated heterocycles. The lowest BCUT2D eigenvalue weighted by Gasteiger charge is -2.14. The van der Waals surface area contributed by atoms with Crippen molar-refractivity contribution in [3.05, 3.63) is 29.6 Å². The number of ether oxygens (including phenoxy) is 1. The smallest absolute Gasteiger partial charge is 0.255 e. The molecular weight excluding hydrogens is 296 g/mol. The molecule has 0 aromatic carbocycles. The summed E-state index contributed by atoms with van der Waals surface area (Å²) in [6.07, 6.45) is 4.40. The Bertz CT molecular complexity index is 648. The fraction of sp³-hybridized carbons (Fsp3) is 0.600. The molecule has 0 spiro atoms. The number of aromatic nitrogens is 5. The molecule has 0 aliphatic rings. The molecule has 0 fully saturated rings. The Morgan fingerprint density at radius 3 is 2.91 bits per heavy atom. The van der Waals surface area contributed by atoms with Gasteiger partial charge in [-0.2, -0.15) is 5.10 Å². The maximum Gasteiger partial charge on any atom is 0.255 e. The Kier molecular flexibility index (Phi) is 5.86. The van der Waals surface area contributed by atoms with E-state index >= 15 is 0 Å². The van der Waals surface area contributed by atoms with Crippen LogP contribution >= 0.6 is 0 Å². The van der Waals surface area contributed by atoms with Crippen molar-refractivity contribution in [2.45, 2.75) is 46.3 Å². The fourth-order valence-electron chi connectivity index (χ4n) is 2.38. The topological polar surface area (TPSA) is 86.9 Å². The number of methoxy groups -OCH3 is 1. The van der Waals surface area contributed by atoms with Crippen LogP contribution in [0.25, 0.3) is 0 Å². The van der Waals surface area contributed by atoms with Crippen molar-refractivity contribution in [2.75, 3.05) is 13.7 Å². The van der Waals surface area contributed by atoms with Crippen LogP contribution < -0.4 is 5.32 Å². The van der Waals surface area contributed by atoms with Gasteiger partial charge in [-0.25, -0.2) is 0 Å². The average Bonchev–Trinajstić information content (AvgIpc) is 3.12. The molecule has 1 N–H and O–H groups in total. The highest BCUT2D eigenvalue weighted by atomic mass is 16.5. The number of hydrogen-bond donors (Lipinski definition) is 1. The SMILES string of the molecule is CCCn1cc(C(=O)N[C@@H](C)c2nncn2CCOC)c(C)n1. The number of nitrogens with zero attached hydrogens (tertiary/aromatic N) is 5. The zero-order valence-electron chi connectivity index (χ0n) is 14.1. The first-order valence-corrected chi connectivity index (χ1v) is 7.78. The molecule has 1 atom stereocenters. The van der Waals surface area contributed by atoms with Crippen molar-refractivity contribution in [1.29, 1.82) is 0 Å². The summed E-state index contributed by atoms with van der Waals surface area (Å²) in [7, 11) is 1.64. The number of aryl methyl sites for hydroxylation is 2. The second-order valence-electron chi connectivity index (χ2n) is 5.46. The van der Waals surface area contributed by atoms with E-state index in [4.69, 9.17) is 4.74 Å². The van der Waals surface area contributed by atoms with Crippen LogP contribution in [0, 0.1) is 6.92 Å². The summed E-state index contributed by atoms with van der Waals surface area (Å²) in [5, 5.41) is 15.3. The molecule has 2 aromatic rings. The highest BCUT2D eigenvalue weighted by Crippen LogP contribution is 2.12. The fourth-order valence-corrected chi connectivity index (χ4v) is 2.38. The molecule has 1 amide bonds. The Hall–Kier alpha value is -2.22. The summed E-state index contributed by atoms with van der Waals surface area (Å²) in [4.78, 5) is 12.5. The van der Waals surface area contributed by atoms with Crippen LogP contribution in [0.15, 0.2) is 12.5 Å². The first kappa shape index (κ1) is 17.1. The molecule has 2 rings (SSSR count). The first-order valence-electron chi connectivity index (χ1n) is 7.78. The monoisotopic (exact) mass is 320 g/mol. The van der Waals surface area contributed by atoms with Crippen molar-refractivity contribution < 1.29 is 9.53 Å². The molecule has 8 heteroatoms. The zero-order chi connectivity index (χ0) is 16.8. The summed E-state index contributed by atoms with van der Waals surface area (Å²) in [6, 6.07) is -0.254. The summed E-state index contributed by atoms with van der Waals surface area (Å²) in [6.45, 7) is 7.81. The molecule has 126 valence electrons. The molecule has 2 heterocycles. The van der Waals surface area contributed by atoms with Gasteiger partial charge in [0.15, 0.2) is 5.82 Å². The summed E-state index contributed by atoms with van der Waals surface area (Å²) >= 11 is 0. The van der Waals surface area contributed by atoms with Crippen LogP contribution in [0.3, 0.4) is 0 Å². The number of hydrogen-bond acceptors (Lipinski definition) is 5.